The third-order valence-electron chi connectivity index (χ3n) is 5.62. The maximum absolute atomic E-state index is 13.0. The smallest absolute Gasteiger partial charge is 0.332 e. The molecule has 0 radical (unpaired) electrons. The summed E-state index contributed by atoms with van der Waals surface area (Å²) in [5.74, 6) is -0.308. The van der Waals surface area contributed by atoms with Gasteiger partial charge in [0.05, 0.1) is 12.0 Å². The lowest BCUT2D eigenvalue weighted by atomic mass is 9.87. The normalized spacial score (nSPS) is 22.0. The number of urea groups is 1. The second-order valence-electron chi connectivity index (χ2n) is 8.63. The number of fused-ring (bicyclic) bond motifs is 1. The molecule has 2 aliphatic heterocycles. The van der Waals surface area contributed by atoms with E-state index < -0.39 is 6.04 Å². The Bertz CT molecular complexity index is 928. The Balaban J connectivity index is 1.48. The van der Waals surface area contributed by atoms with Gasteiger partial charge in [-0.25, -0.2) is 9.69 Å². The zero-order chi connectivity index (χ0) is 20.8. The second kappa shape index (κ2) is 7.06. The lowest BCUT2D eigenvalue weighted by Crippen LogP contribution is -2.49. The molecule has 4 rings (SSSR count). The average molecular weight is 395 g/mol. The largest absolute Gasteiger partial charge is 0.459 e. The Morgan fingerprint density at radius 1 is 1.14 bits per heavy atom. The van der Waals surface area contributed by atoms with Crippen LogP contribution in [0.15, 0.2) is 47.1 Å². The van der Waals surface area contributed by atoms with Gasteiger partial charge >= 0.3 is 6.03 Å². The average Bonchev–Trinajstić information content (AvgIpc) is 3.29. The van der Waals surface area contributed by atoms with Gasteiger partial charge in [-0.15, -0.1) is 0 Å². The minimum Gasteiger partial charge on any atom is -0.459 e. The van der Waals surface area contributed by atoms with Crippen LogP contribution >= 0.6 is 0 Å². The summed E-state index contributed by atoms with van der Waals surface area (Å²) in [5.41, 5.74) is 1.71. The highest BCUT2D eigenvalue weighted by atomic mass is 16.3. The van der Waals surface area contributed by atoms with Crippen LogP contribution in [0.2, 0.25) is 0 Å². The number of imide groups is 1. The minimum absolute atomic E-state index is 0.00549. The van der Waals surface area contributed by atoms with Crippen LogP contribution in [0.25, 0.3) is 0 Å². The standard InChI is InChI=1S/C22H25N3O4/c1-22(2,3)14-6-8-16(9-7-14)25-20(27)17-13-15(10-11-24(17)21(25)28)23-19(26)18-5-4-12-29-18/h4-9,12,15,17H,10-11,13H2,1-3H3,(H,23,26)/t15-,17-/m0/s1. The van der Waals surface area contributed by atoms with Gasteiger partial charge in [0.1, 0.15) is 6.04 Å². The van der Waals surface area contributed by atoms with Crippen molar-refractivity contribution < 1.29 is 18.8 Å². The Morgan fingerprint density at radius 2 is 1.86 bits per heavy atom. The topological polar surface area (TPSA) is 82.9 Å². The molecule has 2 fully saturated rings. The molecule has 29 heavy (non-hydrogen) atoms. The minimum atomic E-state index is -0.555. The summed E-state index contributed by atoms with van der Waals surface area (Å²) in [7, 11) is 0. The number of furan rings is 1. The first-order valence-electron chi connectivity index (χ1n) is 9.85. The van der Waals surface area contributed by atoms with E-state index in [-0.39, 0.29) is 35.1 Å². The molecule has 2 saturated heterocycles. The van der Waals surface area contributed by atoms with E-state index in [1.165, 1.54) is 11.2 Å². The summed E-state index contributed by atoms with van der Waals surface area (Å²) in [6.45, 7) is 6.78. The Kier molecular flexibility index (Phi) is 4.68. The van der Waals surface area contributed by atoms with E-state index in [0.29, 0.717) is 25.1 Å². The number of piperidine rings is 1. The molecule has 0 spiro atoms. The monoisotopic (exact) mass is 395 g/mol. The molecule has 2 aliphatic rings. The van der Waals surface area contributed by atoms with Crippen molar-refractivity contribution in [1.82, 2.24) is 10.2 Å². The maximum Gasteiger partial charge on any atom is 0.332 e. The maximum atomic E-state index is 13.0. The SMILES string of the molecule is CC(C)(C)c1ccc(N2C(=O)[C@@H]3C[C@@H](NC(=O)c4ccco4)CCN3C2=O)cc1. The van der Waals surface area contributed by atoms with Crippen molar-refractivity contribution >= 4 is 23.5 Å². The predicted molar refractivity (Wildman–Crippen MR) is 108 cm³/mol. The molecular formula is C22H25N3O4. The van der Waals surface area contributed by atoms with Crippen LogP contribution in [0.3, 0.4) is 0 Å². The summed E-state index contributed by atoms with van der Waals surface area (Å²) in [6.07, 6.45) is 2.44. The third kappa shape index (κ3) is 3.52. The van der Waals surface area contributed by atoms with E-state index in [4.69, 9.17) is 4.42 Å². The Morgan fingerprint density at radius 3 is 2.48 bits per heavy atom. The molecule has 1 aromatic carbocycles. The quantitative estimate of drug-likeness (QED) is 0.809. The van der Waals surface area contributed by atoms with Gasteiger partial charge in [-0.2, -0.15) is 0 Å². The van der Waals surface area contributed by atoms with E-state index in [1.54, 1.807) is 17.0 Å². The van der Waals surface area contributed by atoms with Gasteiger partial charge in [0.2, 0.25) is 0 Å². The molecule has 0 aliphatic carbocycles. The van der Waals surface area contributed by atoms with Crippen molar-refractivity contribution in [3.63, 3.8) is 0 Å². The molecule has 3 heterocycles. The molecule has 0 bridgehead atoms. The van der Waals surface area contributed by atoms with Gasteiger partial charge in [0, 0.05) is 12.6 Å². The highest BCUT2D eigenvalue weighted by molar-refractivity contribution is 6.21. The van der Waals surface area contributed by atoms with E-state index >= 15 is 0 Å². The molecule has 0 unspecified atom stereocenters. The van der Waals surface area contributed by atoms with Gasteiger partial charge in [0.15, 0.2) is 5.76 Å². The van der Waals surface area contributed by atoms with Crippen LogP contribution in [0.5, 0.6) is 0 Å². The van der Waals surface area contributed by atoms with E-state index in [2.05, 4.69) is 26.1 Å². The highest BCUT2D eigenvalue weighted by Crippen LogP contribution is 2.32. The van der Waals surface area contributed by atoms with Crippen LogP contribution in [0.1, 0.15) is 49.7 Å². The molecule has 4 amide bonds. The summed E-state index contributed by atoms with van der Waals surface area (Å²) in [6, 6.07) is 9.78. The number of hydrogen-bond acceptors (Lipinski definition) is 4. The molecule has 0 saturated carbocycles. The van der Waals surface area contributed by atoms with E-state index in [0.717, 1.165) is 5.56 Å². The second-order valence-corrected chi connectivity index (χ2v) is 8.63. The number of anilines is 1. The van der Waals surface area contributed by atoms with Crippen molar-refractivity contribution in [2.45, 2.75) is 51.1 Å². The van der Waals surface area contributed by atoms with E-state index in [9.17, 15) is 14.4 Å². The molecule has 1 N–H and O–H groups in total. The molecule has 152 valence electrons. The molecule has 2 aromatic rings. The molecular weight excluding hydrogens is 370 g/mol. The number of amides is 4. The first kappa shape index (κ1) is 19.2. The van der Waals surface area contributed by atoms with Crippen molar-refractivity contribution in [3.8, 4) is 0 Å². The van der Waals surface area contributed by atoms with Crippen molar-refractivity contribution in [2.24, 2.45) is 0 Å². The number of carbonyl (C=O) groups excluding carboxylic acids is 3. The van der Waals surface area contributed by atoms with Crippen LogP contribution in [0, 0.1) is 0 Å². The van der Waals surface area contributed by atoms with Crippen molar-refractivity contribution in [3.05, 3.63) is 54.0 Å². The van der Waals surface area contributed by atoms with Crippen LogP contribution in [-0.2, 0) is 10.2 Å². The molecule has 1 aromatic heterocycles. The fraction of sp³-hybridized carbons (Fsp3) is 0.409. The van der Waals surface area contributed by atoms with Gasteiger partial charge in [0.25, 0.3) is 11.8 Å². The van der Waals surface area contributed by atoms with Crippen molar-refractivity contribution in [2.75, 3.05) is 11.4 Å². The zero-order valence-electron chi connectivity index (χ0n) is 16.8. The van der Waals surface area contributed by atoms with Gasteiger partial charge in [-0.3, -0.25) is 9.59 Å². The number of carbonyl (C=O) groups is 3. The fourth-order valence-corrected chi connectivity index (χ4v) is 3.94. The lowest BCUT2D eigenvalue weighted by molar-refractivity contribution is -0.120. The summed E-state index contributed by atoms with van der Waals surface area (Å²) < 4.78 is 5.12. The molecule has 2 atom stereocenters. The van der Waals surface area contributed by atoms with E-state index in [1.807, 2.05) is 24.3 Å². The Labute approximate surface area is 169 Å². The van der Waals surface area contributed by atoms with Crippen LogP contribution in [-0.4, -0.2) is 41.4 Å². The number of hydrogen-bond donors (Lipinski definition) is 1. The van der Waals surface area contributed by atoms with Crippen LogP contribution < -0.4 is 10.2 Å². The number of rotatable bonds is 3. The van der Waals surface area contributed by atoms with Crippen molar-refractivity contribution in [1.29, 1.82) is 0 Å². The Hall–Kier alpha value is -3.09. The summed E-state index contributed by atoms with van der Waals surface area (Å²) >= 11 is 0. The fourth-order valence-electron chi connectivity index (χ4n) is 3.94. The number of nitrogens with zero attached hydrogens (tertiary/aromatic N) is 2. The molecule has 7 nitrogen and oxygen atoms in total. The van der Waals surface area contributed by atoms with Gasteiger partial charge in [-0.1, -0.05) is 32.9 Å². The lowest BCUT2D eigenvalue weighted by Gasteiger charge is -2.32. The summed E-state index contributed by atoms with van der Waals surface area (Å²) in [5, 5.41) is 2.91. The highest BCUT2D eigenvalue weighted by Gasteiger charge is 2.48. The third-order valence-corrected chi connectivity index (χ3v) is 5.62. The first-order valence-corrected chi connectivity index (χ1v) is 9.85. The van der Waals surface area contributed by atoms with Gasteiger partial charge in [-0.05, 0) is 48.1 Å². The summed E-state index contributed by atoms with van der Waals surface area (Å²) in [4.78, 5) is 41.0. The zero-order valence-corrected chi connectivity index (χ0v) is 16.8. The number of benzene rings is 1. The number of nitrogens with one attached hydrogen (secondary N) is 1. The molecule has 7 heteroatoms. The van der Waals surface area contributed by atoms with Crippen LogP contribution in [0.4, 0.5) is 10.5 Å². The first-order chi connectivity index (χ1) is 13.8. The van der Waals surface area contributed by atoms with Gasteiger partial charge < -0.3 is 14.6 Å². The predicted octanol–water partition coefficient (Wildman–Crippen LogP) is 3.31.